The fourth-order valence-corrected chi connectivity index (χ4v) is 2.50. The van der Waals surface area contributed by atoms with E-state index in [1.54, 1.807) is 0 Å². The molecule has 1 rings (SSSR count). The number of carboxylic acid groups (broad SMARTS) is 1. The summed E-state index contributed by atoms with van der Waals surface area (Å²) in [6, 6.07) is 0. The van der Waals surface area contributed by atoms with E-state index in [4.69, 9.17) is 9.84 Å². The van der Waals surface area contributed by atoms with Gasteiger partial charge < -0.3 is 14.9 Å². The molecule has 0 heterocycles. The monoisotopic (exact) mass is 230 g/mol. The molecule has 1 saturated carbocycles. The van der Waals surface area contributed by atoms with Crippen molar-refractivity contribution < 1.29 is 19.7 Å². The first-order valence-electron chi connectivity index (χ1n) is 6.13. The van der Waals surface area contributed by atoms with Crippen molar-refractivity contribution in [2.75, 3.05) is 13.2 Å². The largest absolute Gasteiger partial charge is 0.479 e. The quantitative estimate of drug-likeness (QED) is 0.730. The molecule has 0 unspecified atom stereocenters. The summed E-state index contributed by atoms with van der Waals surface area (Å²) in [4.78, 5) is 11.2. The van der Waals surface area contributed by atoms with Gasteiger partial charge in [0.1, 0.15) is 0 Å². The second kappa shape index (κ2) is 6.21. The summed E-state index contributed by atoms with van der Waals surface area (Å²) < 4.78 is 5.36. The first-order chi connectivity index (χ1) is 7.64. The van der Waals surface area contributed by atoms with Crippen LogP contribution in [0.3, 0.4) is 0 Å². The van der Waals surface area contributed by atoms with Crippen molar-refractivity contribution in [1.29, 1.82) is 0 Å². The molecular formula is C12H22O4. The van der Waals surface area contributed by atoms with Crippen molar-refractivity contribution in [3.8, 4) is 0 Å². The fourth-order valence-electron chi connectivity index (χ4n) is 2.50. The standard InChI is InChI=1S/C12H22O4/c1-2-3-10-4-6-12(7-5-10,11(14)15)16-9-8-13/h10,13H,2-9H2,1H3,(H,14,15). The Labute approximate surface area is 96.6 Å². The summed E-state index contributed by atoms with van der Waals surface area (Å²) in [6.45, 7) is 2.15. The predicted octanol–water partition coefficient (Wildman–Crippen LogP) is 1.81. The first-order valence-corrected chi connectivity index (χ1v) is 6.13. The van der Waals surface area contributed by atoms with E-state index in [0.29, 0.717) is 18.8 Å². The van der Waals surface area contributed by atoms with Gasteiger partial charge in [-0.1, -0.05) is 19.8 Å². The number of hydrogen-bond acceptors (Lipinski definition) is 3. The lowest BCUT2D eigenvalue weighted by Crippen LogP contribution is -2.45. The Morgan fingerprint density at radius 2 is 2.06 bits per heavy atom. The predicted molar refractivity (Wildman–Crippen MR) is 60.3 cm³/mol. The zero-order valence-corrected chi connectivity index (χ0v) is 9.95. The Balaban J connectivity index is 2.52. The van der Waals surface area contributed by atoms with Crippen LogP contribution in [0.15, 0.2) is 0 Å². The Bertz CT molecular complexity index is 219. The number of carboxylic acids is 1. The number of aliphatic hydroxyl groups excluding tert-OH is 1. The van der Waals surface area contributed by atoms with E-state index in [1.165, 1.54) is 6.42 Å². The molecule has 0 aromatic rings. The van der Waals surface area contributed by atoms with Gasteiger partial charge in [-0.15, -0.1) is 0 Å². The van der Waals surface area contributed by atoms with Crippen LogP contribution >= 0.6 is 0 Å². The van der Waals surface area contributed by atoms with Crippen LogP contribution in [-0.2, 0) is 9.53 Å². The first kappa shape index (κ1) is 13.5. The fraction of sp³-hybridized carbons (Fsp3) is 0.917. The van der Waals surface area contributed by atoms with Gasteiger partial charge in [-0.2, -0.15) is 0 Å². The van der Waals surface area contributed by atoms with Crippen LogP contribution in [0.5, 0.6) is 0 Å². The van der Waals surface area contributed by atoms with Gasteiger partial charge >= 0.3 is 5.97 Å². The second-order valence-corrected chi connectivity index (χ2v) is 4.60. The Morgan fingerprint density at radius 1 is 1.44 bits per heavy atom. The molecule has 0 saturated heterocycles. The van der Waals surface area contributed by atoms with Gasteiger partial charge in [-0.05, 0) is 31.6 Å². The van der Waals surface area contributed by atoms with Crippen molar-refractivity contribution in [3.05, 3.63) is 0 Å². The minimum Gasteiger partial charge on any atom is -0.479 e. The van der Waals surface area contributed by atoms with Crippen molar-refractivity contribution in [3.63, 3.8) is 0 Å². The molecule has 4 heteroatoms. The highest BCUT2D eigenvalue weighted by molar-refractivity contribution is 5.77. The van der Waals surface area contributed by atoms with E-state index < -0.39 is 11.6 Å². The Hall–Kier alpha value is -0.610. The average Bonchev–Trinajstić information content (AvgIpc) is 2.28. The molecule has 0 amide bonds. The van der Waals surface area contributed by atoms with Crippen LogP contribution in [0.25, 0.3) is 0 Å². The number of hydrogen-bond donors (Lipinski definition) is 2. The highest BCUT2D eigenvalue weighted by Gasteiger charge is 2.42. The average molecular weight is 230 g/mol. The van der Waals surface area contributed by atoms with Crippen LogP contribution in [0.2, 0.25) is 0 Å². The molecule has 0 aromatic heterocycles. The third kappa shape index (κ3) is 3.19. The lowest BCUT2D eigenvalue weighted by Gasteiger charge is -2.36. The molecule has 0 aromatic carbocycles. The maximum Gasteiger partial charge on any atom is 0.335 e. The van der Waals surface area contributed by atoms with E-state index in [9.17, 15) is 9.90 Å². The number of aliphatic carboxylic acids is 1. The topological polar surface area (TPSA) is 66.8 Å². The van der Waals surface area contributed by atoms with E-state index in [2.05, 4.69) is 6.92 Å². The number of ether oxygens (including phenoxy) is 1. The van der Waals surface area contributed by atoms with Gasteiger partial charge in [0.05, 0.1) is 13.2 Å². The molecule has 0 bridgehead atoms. The summed E-state index contributed by atoms with van der Waals surface area (Å²) in [5.41, 5.74) is -1.03. The molecule has 94 valence electrons. The maximum atomic E-state index is 11.2. The molecule has 16 heavy (non-hydrogen) atoms. The summed E-state index contributed by atoms with van der Waals surface area (Å²) >= 11 is 0. The minimum absolute atomic E-state index is 0.116. The zero-order valence-electron chi connectivity index (χ0n) is 9.95. The molecule has 0 atom stereocenters. The van der Waals surface area contributed by atoms with E-state index in [-0.39, 0.29) is 13.2 Å². The molecule has 4 nitrogen and oxygen atoms in total. The molecule has 0 radical (unpaired) electrons. The van der Waals surface area contributed by atoms with Crippen LogP contribution in [0.1, 0.15) is 45.4 Å². The van der Waals surface area contributed by atoms with E-state index >= 15 is 0 Å². The lowest BCUT2D eigenvalue weighted by atomic mass is 9.77. The van der Waals surface area contributed by atoms with Gasteiger partial charge in [0.25, 0.3) is 0 Å². The molecule has 2 N–H and O–H groups in total. The summed E-state index contributed by atoms with van der Waals surface area (Å²) in [5, 5.41) is 17.9. The summed E-state index contributed by atoms with van der Waals surface area (Å²) in [5.74, 6) is -0.230. The highest BCUT2D eigenvalue weighted by atomic mass is 16.5. The molecule has 1 aliphatic rings. The second-order valence-electron chi connectivity index (χ2n) is 4.60. The van der Waals surface area contributed by atoms with Crippen LogP contribution < -0.4 is 0 Å². The van der Waals surface area contributed by atoms with Crippen LogP contribution in [0.4, 0.5) is 0 Å². The lowest BCUT2D eigenvalue weighted by molar-refractivity contribution is -0.173. The van der Waals surface area contributed by atoms with E-state index in [0.717, 1.165) is 19.3 Å². The third-order valence-electron chi connectivity index (χ3n) is 3.47. The number of carbonyl (C=O) groups is 1. The molecular weight excluding hydrogens is 208 g/mol. The number of aliphatic hydroxyl groups is 1. The van der Waals surface area contributed by atoms with Gasteiger partial charge in [0, 0.05) is 0 Å². The SMILES string of the molecule is CCCC1CCC(OCCO)(C(=O)O)CC1. The number of rotatable bonds is 6. The Morgan fingerprint density at radius 3 is 2.50 bits per heavy atom. The van der Waals surface area contributed by atoms with Crippen LogP contribution in [0, 0.1) is 5.92 Å². The van der Waals surface area contributed by atoms with Crippen molar-refractivity contribution in [2.24, 2.45) is 5.92 Å². The molecule has 1 aliphatic carbocycles. The molecule has 0 spiro atoms. The zero-order chi connectivity index (χ0) is 12.0. The maximum absolute atomic E-state index is 11.2. The summed E-state index contributed by atoms with van der Waals surface area (Å²) in [7, 11) is 0. The van der Waals surface area contributed by atoms with E-state index in [1.807, 2.05) is 0 Å². The molecule has 1 fully saturated rings. The smallest absolute Gasteiger partial charge is 0.335 e. The Kier molecular flexibility index (Phi) is 5.22. The van der Waals surface area contributed by atoms with Crippen LogP contribution in [-0.4, -0.2) is 35.0 Å². The summed E-state index contributed by atoms with van der Waals surface area (Å²) in [6.07, 6.45) is 5.33. The normalized spacial score (nSPS) is 30.2. The van der Waals surface area contributed by atoms with Crippen molar-refractivity contribution >= 4 is 5.97 Å². The third-order valence-corrected chi connectivity index (χ3v) is 3.47. The molecule has 0 aliphatic heterocycles. The highest BCUT2D eigenvalue weighted by Crippen LogP contribution is 2.37. The van der Waals surface area contributed by atoms with Gasteiger partial charge in [-0.3, -0.25) is 0 Å². The minimum atomic E-state index is -1.03. The van der Waals surface area contributed by atoms with Gasteiger partial charge in [0.2, 0.25) is 0 Å². The van der Waals surface area contributed by atoms with Gasteiger partial charge in [0.15, 0.2) is 5.60 Å². The van der Waals surface area contributed by atoms with Crippen molar-refractivity contribution in [1.82, 2.24) is 0 Å². The van der Waals surface area contributed by atoms with Gasteiger partial charge in [-0.25, -0.2) is 4.79 Å². The van der Waals surface area contributed by atoms with Crippen molar-refractivity contribution in [2.45, 2.75) is 51.0 Å².